The predicted molar refractivity (Wildman–Crippen MR) is 92.4 cm³/mol. The fourth-order valence-corrected chi connectivity index (χ4v) is 3.55. The van der Waals surface area contributed by atoms with Crippen molar-refractivity contribution in [2.45, 2.75) is 5.92 Å². The van der Waals surface area contributed by atoms with Gasteiger partial charge >= 0.3 is 0 Å². The van der Waals surface area contributed by atoms with Crippen molar-refractivity contribution in [2.24, 2.45) is 0 Å². The summed E-state index contributed by atoms with van der Waals surface area (Å²) in [5, 5.41) is 0. The van der Waals surface area contributed by atoms with Gasteiger partial charge in [0.2, 0.25) is 0 Å². The smallest absolute Gasteiger partial charge is 0.126 e. The fourth-order valence-electron chi connectivity index (χ4n) is 3.55. The lowest BCUT2D eigenvalue weighted by Gasteiger charge is -2.18. The Morgan fingerprint density at radius 3 is 1.83 bits per heavy atom. The Kier molecular flexibility index (Phi) is 3.30. The summed E-state index contributed by atoms with van der Waals surface area (Å²) in [6.07, 6.45) is 0. The first-order valence-corrected chi connectivity index (χ1v) is 7.73. The molecule has 1 aliphatic rings. The molecule has 0 amide bonds. The van der Waals surface area contributed by atoms with E-state index in [9.17, 15) is 0 Å². The first-order valence-electron chi connectivity index (χ1n) is 7.73. The minimum absolute atomic E-state index is 0.197. The first kappa shape index (κ1) is 13.9. The Balaban J connectivity index is 1.96. The van der Waals surface area contributed by atoms with E-state index in [0.717, 1.165) is 11.5 Å². The molecule has 0 saturated heterocycles. The molecule has 0 aromatic heterocycles. The molecule has 0 fully saturated rings. The van der Waals surface area contributed by atoms with Crippen LogP contribution in [0.15, 0.2) is 66.7 Å². The van der Waals surface area contributed by atoms with Gasteiger partial charge in [0.05, 0.1) is 14.2 Å². The Bertz CT molecular complexity index is 822. The third-order valence-electron chi connectivity index (χ3n) is 4.59. The van der Waals surface area contributed by atoms with Gasteiger partial charge in [-0.3, -0.25) is 0 Å². The van der Waals surface area contributed by atoms with Crippen molar-refractivity contribution < 1.29 is 9.47 Å². The zero-order chi connectivity index (χ0) is 15.8. The summed E-state index contributed by atoms with van der Waals surface area (Å²) in [5.41, 5.74) is 6.46. The van der Waals surface area contributed by atoms with Gasteiger partial charge in [0, 0.05) is 17.5 Å². The maximum Gasteiger partial charge on any atom is 0.126 e. The molecule has 0 unspecified atom stereocenters. The second-order valence-corrected chi connectivity index (χ2v) is 5.72. The SMILES string of the molecule is COc1ccc(C2c3ccccc3-c3ccccc32)c(OC)c1. The quantitative estimate of drug-likeness (QED) is 0.538. The molecule has 0 N–H and O–H groups in total. The molecule has 0 heterocycles. The molecule has 0 radical (unpaired) electrons. The summed E-state index contributed by atoms with van der Waals surface area (Å²) in [6.45, 7) is 0. The number of hydrogen-bond donors (Lipinski definition) is 0. The molecule has 3 aromatic rings. The first-order chi connectivity index (χ1) is 11.3. The van der Waals surface area contributed by atoms with Crippen molar-refractivity contribution in [3.63, 3.8) is 0 Å². The molecule has 0 bridgehead atoms. The van der Waals surface area contributed by atoms with Gasteiger partial charge in [-0.15, -0.1) is 0 Å². The van der Waals surface area contributed by atoms with Crippen LogP contribution in [0, 0.1) is 0 Å². The van der Waals surface area contributed by atoms with E-state index in [1.54, 1.807) is 14.2 Å². The molecule has 2 nitrogen and oxygen atoms in total. The van der Waals surface area contributed by atoms with Gasteiger partial charge in [-0.25, -0.2) is 0 Å². The van der Waals surface area contributed by atoms with Gasteiger partial charge < -0.3 is 9.47 Å². The summed E-state index contributed by atoms with van der Waals surface area (Å²) >= 11 is 0. The molecular weight excluding hydrogens is 284 g/mol. The Labute approximate surface area is 136 Å². The lowest BCUT2D eigenvalue weighted by Crippen LogP contribution is -2.02. The number of ether oxygens (including phenoxy) is 2. The van der Waals surface area contributed by atoms with Gasteiger partial charge in [0.15, 0.2) is 0 Å². The maximum absolute atomic E-state index is 5.65. The van der Waals surface area contributed by atoms with Crippen LogP contribution in [0.2, 0.25) is 0 Å². The Morgan fingerprint density at radius 2 is 1.26 bits per heavy atom. The third-order valence-corrected chi connectivity index (χ3v) is 4.59. The predicted octanol–water partition coefficient (Wildman–Crippen LogP) is 4.86. The van der Waals surface area contributed by atoms with Crippen LogP contribution in [0.1, 0.15) is 22.6 Å². The average molecular weight is 302 g/mol. The van der Waals surface area contributed by atoms with Gasteiger partial charge in [0.1, 0.15) is 11.5 Å². The van der Waals surface area contributed by atoms with Crippen LogP contribution >= 0.6 is 0 Å². The van der Waals surface area contributed by atoms with Crippen LogP contribution in [0.25, 0.3) is 11.1 Å². The highest BCUT2D eigenvalue weighted by atomic mass is 16.5. The fraction of sp³-hybridized carbons (Fsp3) is 0.143. The molecule has 0 spiro atoms. The van der Waals surface area contributed by atoms with E-state index in [-0.39, 0.29) is 5.92 Å². The van der Waals surface area contributed by atoms with Crippen molar-refractivity contribution in [1.82, 2.24) is 0 Å². The summed E-state index contributed by atoms with van der Waals surface area (Å²) < 4.78 is 11.0. The van der Waals surface area contributed by atoms with Crippen molar-refractivity contribution >= 4 is 0 Å². The van der Waals surface area contributed by atoms with Gasteiger partial charge in [-0.05, 0) is 28.3 Å². The summed E-state index contributed by atoms with van der Waals surface area (Å²) in [5.74, 6) is 1.87. The van der Waals surface area contributed by atoms with Crippen molar-refractivity contribution in [3.8, 4) is 22.6 Å². The second kappa shape index (κ2) is 5.47. The van der Waals surface area contributed by atoms with E-state index in [1.807, 2.05) is 12.1 Å². The highest BCUT2D eigenvalue weighted by Crippen LogP contribution is 2.50. The normalized spacial score (nSPS) is 12.6. The minimum Gasteiger partial charge on any atom is -0.497 e. The van der Waals surface area contributed by atoms with Gasteiger partial charge in [-0.2, -0.15) is 0 Å². The summed E-state index contributed by atoms with van der Waals surface area (Å²) in [4.78, 5) is 0. The lowest BCUT2D eigenvalue weighted by atomic mass is 9.88. The topological polar surface area (TPSA) is 18.5 Å². The Morgan fingerprint density at radius 1 is 0.652 bits per heavy atom. The van der Waals surface area contributed by atoms with Crippen LogP contribution < -0.4 is 9.47 Å². The maximum atomic E-state index is 5.65. The molecule has 1 aliphatic carbocycles. The van der Waals surface area contributed by atoms with E-state index in [2.05, 4.69) is 54.6 Å². The molecule has 23 heavy (non-hydrogen) atoms. The Hall–Kier alpha value is -2.74. The standard InChI is InChI=1S/C21H18O2/c1-22-14-11-12-19(20(13-14)23-2)21-17-9-5-3-7-15(17)16-8-4-6-10-18(16)21/h3-13,21H,1-2H3. The molecule has 0 atom stereocenters. The summed E-state index contributed by atoms with van der Waals surface area (Å²) in [6, 6.07) is 23.3. The minimum atomic E-state index is 0.197. The molecule has 0 aliphatic heterocycles. The van der Waals surface area contributed by atoms with Gasteiger partial charge in [0.25, 0.3) is 0 Å². The van der Waals surface area contributed by atoms with Crippen LogP contribution in [0.5, 0.6) is 11.5 Å². The summed E-state index contributed by atoms with van der Waals surface area (Å²) in [7, 11) is 3.39. The number of methoxy groups -OCH3 is 2. The number of fused-ring (bicyclic) bond motifs is 3. The number of rotatable bonds is 3. The lowest BCUT2D eigenvalue weighted by molar-refractivity contribution is 0.390. The molecule has 4 rings (SSSR count). The van der Waals surface area contributed by atoms with Crippen LogP contribution in [0.3, 0.4) is 0 Å². The molecule has 114 valence electrons. The zero-order valence-corrected chi connectivity index (χ0v) is 13.2. The van der Waals surface area contributed by atoms with E-state index in [1.165, 1.54) is 27.8 Å². The van der Waals surface area contributed by atoms with Gasteiger partial charge in [-0.1, -0.05) is 54.6 Å². The second-order valence-electron chi connectivity index (χ2n) is 5.72. The average Bonchev–Trinajstić information content (AvgIpc) is 2.95. The van der Waals surface area contributed by atoms with Crippen LogP contribution in [-0.2, 0) is 0 Å². The van der Waals surface area contributed by atoms with Crippen molar-refractivity contribution in [2.75, 3.05) is 14.2 Å². The van der Waals surface area contributed by atoms with E-state index < -0.39 is 0 Å². The third kappa shape index (κ3) is 2.10. The molecule has 0 saturated carbocycles. The monoisotopic (exact) mass is 302 g/mol. The van der Waals surface area contributed by atoms with E-state index >= 15 is 0 Å². The largest absolute Gasteiger partial charge is 0.497 e. The molecule has 3 aromatic carbocycles. The molecule has 2 heteroatoms. The highest BCUT2D eigenvalue weighted by Gasteiger charge is 2.31. The van der Waals surface area contributed by atoms with Crippen molar-refractivity contribution in [3.05, 3.63) is 83.4 Å². The zero-order valence-electron chi connectivity index (χ0n) is 13.2. The van der Waals surface area contributed by atoms with E-state index in [4.69, 9.17) is 9.47 Å². The van der Waals surface area contributed by atoms with E-state index in [0.29, 0.717) is 0 Å². The van der Waals surface area contributed by atoms with Crippen LogP contribution in [0.4, 0.5) is 0 Å². The highest BCUT2D eigenvalue weighted by molar-refractivity contribution is 5.81. The van der Waals surface area contributed by atoms with Crippen LogP contribution in [-0.4, -0.2) is 14.2 Å². The molecular formula is C21H18O2. The number of benzene rings is 3. The number of hydrogen-bond acceptors (Lipinski definition) is 2. The van der Waals surface area contributed by atoms with Crippen molar-refractivity contribution in [1.29, 1.82) is 0 Å².